The minimum atomic E-state index is -0.649. The quantitative estimate of drug-likeness (QED) is 0.728. The van der Waals surface area contributed by atoms with E-state index in [4.69, 9.17) is 9.47 Å². The Hall–Kier alpha value is -1.14. The fourth-order valence-electron chi connectivity index (χ4n) is 2.44. The smallest absolute Gasteiger partial charge is 0.349 e. The lowest BCUT2D eigenvalue weighted by molar-refractivity contribution is -0.164. The van der Waals surface area contributed by atoms with Gasteiger partial charge in [-0.2, -0.15) is 0 Å². The van der Waals surface area contributed by atoms with Crippen LogP contribution in [-0.4, -0.2) is 47.2 Å². The van der Waals surface area contributed by atoms with Gasteiger partial charge in [0.1, 0.15) is 11.4 Å². The Morgan fingerprint density at radius 3 is 2.61 bits per heavy atom. The molecule has 0 radical (unpaired) electrons. The van der Waals surface area contributed by atoms with Crippen LogP contribution in [-0.2, 0) is 9.53 Å². The zero-order valence-electron chi connectivity index (χ0n) is 14.3. The fraction of sp³-hybridized carbons (Fsp3) is 0.647. The number of hydrogen-bond acceptors (Lipinski definition) is 5. The minimum Gasteiger partial charge on any atom is -0.476 e. The topological polar surface area (TPSA) is 51.7 Å². The van der Waals surface area contributed by atoms with Crippen LogP contribution < -0.4 is 4.74 Å². The van der Waals surface area contributed by atoms with E-state index in [2.05, 4.69) is 25.8 Å². The van der Waals surface area contributed by atoms with E-state index in [1.165, 1.54) is 12.8 Å². The molecule has 0 amide bonds. The van der Waals surface area contributed by atoms with Crippen LogP contribution in [0.15, 0.2) is 16.7 Å². The van der Waals surface area contributed by atoms with Crippen molar-refractivity contribution in [2.45, 2.75) is 52.2 Å². The van der Waals surface area contributed by atoms with Gasteiger partial charge in [-0.05, 0) is 75.6 Å². The third-order valence-electron chi connectivity index (χ3n) is 3.57. The van der Waals surface area contributed by atoms with E-state index in [0.29, 0.717) is 12.3 Å². The molecule has 23 heavy (non-hydrogen) atoms. The highest BCUT2D eigenvalue weighted by Gasteiger charge is 2.30. The van der Waals surface area contributed by atoms with E-state index >= 15 is 0 Å². The van der Waals surface area contributed by atoms with E-state index in [0.717, 1.165) is 23.3 Å². The van der Waals surface area contributed by atoms with Crippen molar-refractivity contribution in [3.05, 3.63) is 22.4 Å². The van der Waals surface area contributed by atoms with Gasteiger partial charge < -0.3 is 9.47 Å². The molecular weight excluding hydrogens is 360 g/mol. The van der Waals surface area contributed by atoms with Gasteiger partial charge in [-0.25, -0.2) is 4.79 Å². The average Bonchev–Trinajstić information content (AvgIpc) is 2.93. The highest BCUT2D eigenvalue weighted by molar-refractivity contribution is 9.10. The third-order valence-corrected chi connectivity index (χ3v) is 4.37. The second-order valence-corrected chi connectivity index (χ2v) is 7.74. The lowest BCUT2D eigenvalue weighted by Gasteiger charge is -2.27. The number of pyridine rings is 1. The number of hydrogen-bond donors (Lipinski definition) is 0. The van der Waals surface area contributed by atoms with Crippen LogP contribution in [0.5, 0.6) is 5.75 Å². The molecule has 0 N–H and O–H groups in total. The van der Waals surface area contributed by atoms with Crippen LogP contribution in [0.25, 0.3) is 0 Å². The van der Waals surface area contributed by atoms with Gasteiger partial charge in [-0.1, -0.05) is 0 Å². The lowest BCUT2D eigenvalue weighted by atomic mass is 10.2. The molecule has 2 heterocycles. The summed E-state index contributed by atoms with van der Waals surface area (Å²) in [4.78, 5) is 19.0. The summed E-state index contributed by atoms with van der Waals surface area (Å²) < 4.78 is 12.3. The van der Waals surface area contributed by atoms with Crippen LogP contribution >= 0.6 is 15.9 Å². The first-order valence-corrected chi connectivity index (χ1v) is 8.78. The first-order chi connectivity index (χ1) is 10.7. The number of aromatic nitrogens is 1. The summed E-state index contributed by atoms with van der Waals surface area (Å²) in [5, 5.41) is 0. The van der Waals surface area contributed by atoms with E-state index in [9.17, 15) is 4.79 Å². The minimum absolute atomic E-state index is 0.332. The first kappa shape index (κ1) is 18.2. The molecule has 1 aromatic heterocycles. The number of esters is 1. The number of rotatable bonds is 5. The maximum atomic E-state index is 12.5. The predicted molar refractivity (Wildman–Crippen MR) is 92.6 cm³/mol. The molecule has 2 rings (SSSR count). The first-order valence-electron chi connectivity index (χ1n) is 7.98. The number of carbonyl (C=O) groups is 1. The Kier molecular flexibility index (Phi) is 6.03. The fourth-order valence-corrected chi connectivity index (χ4v) is 2.77. The Morgan fingerprint density at radius 1 is 1.39 bits per heavy atom. The van der Waals surface area contributed by atoms with E-state index < -0.39 is 11.7 Å². The summed E-state index contributed by atoms with van der Waals surface area (Å²) in [6, 6.07) is 1.84. The van der Waals surface area contributed by atoms with Crippen LogP contribution in [0.4, 0.5) is 0 Å². The van der Waals surface area contributed by atoms with Crippen LogP contribution in [0.3, 0.4) is 0 Å². The van der Waals surface area contributed by atoms with Gasteiger partial charge >= 0.3 is 5.97 Å². The molecule has 1 saturated heterocycles. The molecule has 0 aromatic carbocycles. The standard InChI is InChI=1S/C17H25BrN2O3/c1-12-14(18)9-13(10-19-12)22-15(11-20-7-5-6-8-20)16(21)23-17(2,3)4/h9-10,15H,5-8,11H2,1-4H3/t15-/m1/s1. The van der Waals surface area contributed by atoms with Crippen molar-refractivity contribution >= 4 is 21.9 Å². The van der Waals surface area contributed by atoms with Gasteiger partial charge in [0, 0.05) is 11.0 Å². The van der Waals surface area contributed by atoms with Crippen molar-refractivity contribution in [3.8, 4) is 5.75 Å². The predicted octanol–water partition coefficient (Wildman–Crippen LogP) is 3.34. The van der Waals surface area contributed by atoms with Crippen molar-refractivity contribution in [2.75, 3.05) is 19.6 Å². The molecule has 0 aliphatic carbocycles. The van der Waals surface area contributed by atoms with Gasteiger partial charge in [-0.15, -0.1) is 0 Å². The molecule has 1 aliphatic rings. The summed E-state index contributed by atoms with van der Waals surface area (Å²) in [6.45, 7) is 10.0. The lowest BCUT2D eigenvalue weighted by Crippen LogP contribution is -2.43. The highest BCUT2D eigenvalue weighted by atomic mass is 79.9. The highest BCUT2D eigenvalue weighted by Crippen LogP contribution is 2.22. The number of halogens is 1. The van der Waals surface area contributed by atoms with Crippen molar-refractivity contribution in [1.82, 2.24) is 9.88 Å². The second kappa shape index (κ2) is 7.62. The van der Waals surface area contributed by atoms with E-state index in [1.807, 2.05) is 33.8 Å². The van der Waals surface area contributed by atoms with Crippen LogP contribution in [0, 0.1) is 6.92 Å². The zero-order valence-corrected chi connectivity index (χ0v) is 15.9. The summed E-state index contributed by atoms with van der Waals surface area (Å²) in [7, 11) is 0. The molecule has 1 aromatic rings. The number of aryl methyl sites for hydroxylation is 1. The van der Waals surface area contributed by atoms with Crippen molar-refractivity contribution in [2.24, 2.45) is 0 Å². The number of likely N-dealkylation sites (tertiary alicyclic amines) is 1. The molecule has 0 saturated carbocycles. The number of nitrogens with zero attached hydrogens (tertiary/aromatic N) is 2. The normalized spacial score (nSPS) is 17.1. The monoisotopic (exact) mass is 384 g/mol. The summed E-state index contributed by atoms with van der Waals surface area (Å²) in [5.74, 6) is 0.235. The third kappa shape index (κ3) is 5.77. The Bertz CT molecular complexity index is 551. The molecule has 0 bridgehead atoms. The Morgan fingerprint density at radius 2 is 2.04 bits per heavy atom. The Labute approximate surface area is 146 Å². The van der Waals surface area contributed by atoms with E-state index in [1.54, 1.807) is 6.20 Å². The maximum Gasteiger partial charge on any atom is 0.349 e. The molecular formula is C17H25BrN2O3. The number of ether oxygens (including phenoxy) is 2. The summed E-state index contributed by atoms with van der Waals surface area (Å²) in [5.41, 5.74) is 0.348. The van der Waals surface area contributed by atoms with Crippen molar-refractivity contribution in [3.63, 3.8) is 0 Å². The zero-order chi connectivity index (χ0) is 17.0. The Balaban J connectivity index is 2.10. The summed E-state index contributed by atoms with van der Waals surface area (Å²) in [6.07, 6.45) is 3.32. The largest absolute Gasteiger partial charge is 0.476 e. The van der Waals surface area contributed by atoms with Gasteiger partial charge in [0.2, 0.25) is 6.10 Å². The van der Waals surface area contributed by atoms with Crippen LogP contribution in [0.1, 0.15) is 39.3 Å². The maximum absolute atomic E-state index is 12.5. The van der Waals surface area contributed by atoms with Gasteiger partial charge in [0.15, 0.2) is 0 Å². The van der Waals surface area contributed by atoms with Gasteiger partial charge in [0.05, 0.1) is 11.9 Å². The molecule has 1 fully saturated rings. The summed E-state index contributed by atoms with van der Waals surface area (Å²) >= 11 is 3.44. The van der Waals surface area contributed by atoms with Crippen LogP contribution in [0.2, 0.25) is 0 Å². The second-order valence-electron chi connectivity index (χ2n) is 6.89. The van der Waals surface area contributed by atoms with Gasteiger partial charge in [0.25, 0.3) is 0 Å². The molecule has 0 spiro atoms. The van der Waals surface area contributed by atoms with E-state index in [-0.39, 0.29) is 5.97 Å². The molecule has 5 nitrogen and oxygen atoms in total. The van der Waals surface area contributed by atoms with Crippen molar-refractivity contribution < 1.29 is 14.3 Å². The molecule has 0 unspecified atom stereocenters. The molecule has 1 atom stereocenters. The van der Waals surface area contributed by atoms with Crippen molar-refractivity contribution in [1.29, 1.82) is 0 Å². The SMILES string of the molecule is Cc1ncc(O[C@H](CN2CCCC2)C(=O)OC(C)(C)C)cc1Br. The molecule has 6 heteroatoms. The molecule has 1 aliphatic heterocycles. The average molecular weight is 385 g/mol. The number of carbonyl (C=O) groups excluding carboxylic acids is 1. The van der Waals surface area contributed by atoms with Gasteiger partial charge in [-0.3, -0.25) is 9.88 Å². The molecule has 128 valence electrons.